The number of para-hydroxylation sites is 1. The number of alkyl halides is 3. The first-order chi connectivity index (χ1) is 19.3. The van der Waals surface area contributed by atoms with Crippen LogP contribution in [-0.4, -0.2) is 43.3 Å². The van der Waals surface area contributed by atoms with Gasteiger partial charge in [-0.25, -0.2) is 19.9 Å². The highest BCUT2D eigenvalue weighted by Gasteiger charge is 2.37. The summed E-state index contributed by atoms with van der Waals surface area (Å²) < 4.78 is 45.9. The number of thiazole rings is 1. The molecule has 5 aromatic rings. The molecule has 0 aliphatic carbocycles. The van der Waals surface area contributed by atoms with E-state index in [0.29, 0.717) is 28.7 Å². The summed E-state index contributed by atoms with van der Waals surface area (Å²) in [6.07, 6.45) is -4.53. The lowest BCUT2D eigenvalue weighted by Crippen LogP contribution is -2.18. The molecule has 4 heterocycles. The van der Waals surface area contributed by atoms with E-state index < -0.39 is 28.5 Å². The van der Waals surface area contributed by atoms with E-state index in [9.17, 15) is 22.8 Å². The fraction of sp³-hybridized carbons (Fsp3) is 0.120. The summed E-state index contributed by atoms with van der Waals surface area (Å²) >= 11 is 0.241. The average Bonchev–Trinajstić information content (AvgIpc) is 3.66. The van der Waals surface area contributed by atoms with E-state index in [1.165, 1.54) is 0 Å². The molecular formula is C25H15F3N8O3S. The molecule has 2 N–H and O–H groups in total. The molecule has 1 saturated heterocycles. The van der Waals surface area contributed by atoms with E-state index in [1.54, 1.807) is 24.3 Å². The van der Waals surface area contributed by atoms with Crippen molar-refractivity contribution in [2.75, 3.05) is 11.9 Å². The Morgan fingerprint density at radius 3 is 2.48 bits per heavy atom. The molecule has 0 spiro atoms. The number of hydrogen-bond donors (Lipinski definition) is 2. The van der Waals surface area contributed by atoms with Gasteiger partial charge < -0.3 is 9.73 Å². The standard InChI is InChI=1S/C25H15F3N8O3S/c26-25(27,28)23-33-17(22(40-23)31-15-10-11-29-19(15)37)21-35-36-24(39-21)34-18-20(38)30-14-9-5-4-8-13(14)16(32-18)12-6-2-1-3-7-12/h1-9H,10-11H2,(H,29,37)(H,30,32,34,36,38). The third kappa shape index (κ3) is 4.89. The first kappa shape index (κ1) is 25.2. The van der Waals surface area contributed by atoms with Crippen molar-refractivity contribution in [2.24, 2.45) is 4.99 Å². The highest BCUT2D eigenvalue weighted by molar-refractivity contribution is 7.16. The second-order valence-electron chi connectivity index (χ2n) is 8.38. The maximum absolute atomic E-state index is 13.4. The van der Waals surface area contributed by atoms with Crippen molar-refractivity contribution in [2.45, 2.75) is 12.6 Å². The van der Waals surface area contributed by atoms with Gasteiger partial charge in [0.05, 0.1) is 11.2 Å². The van der Waals surface area contributed by atoms with Crippen LogP contribution in [0.1, 0.15) is 11.4 Å². The molecular weight excluding hydrogens is 549 g/mol. The molecule has 6 rings (SSSR count). The number of carbonyl (C=O) groups is 1. The lowest BCUT2D eigenvalue weighted by Gasteiger charge is -2.02. The van der Waals surface area contributed by atoms with Crippen molar-refractivity contribution < 1.29 is 22.4 Å². The van der Waals surface area contributed by atoms with Crippen molar-refractivity contribution >= 4 is 50.7 Å². The van der Waals surface area contributed by atoms with Gasteiger partial charge in [0, 0.05) is 23.9 Å². The molecule has 1 aliphatic rings. The first-order valence-electron chi connectivity index (χ1n) is 11.7. The van der Waals surface area contributed by atoms with Crippen LogP contribution in [-0.2, 0) is 11.0 Å². The molecule has 3 aromatic heterocycles. The summed E-state index contributed by atoms with van der Waals surface area (Å²) in [5.74, 6) is -1.13. The first-order valence-corrected chi connectivity index (χ1v) is 12.5. The van der Waals surface area contributed by atoms with Crippen LogP contribution in [0.5, 0.6) is 0 Å². The molecule has 1 aliphatic heterocycles. The summed E-state index contributed by atoms with van der Waals surface area (Å²) in [4.78, 5) is 41.2. The van der Waals surface area contributed by atoms with Crippen LogP contribution in [0, 0.1) is 0 Å². The van der Waals surface area contributed by atoms with Crippen LogP contribution < -0.4 is 16.2 Å². The van der Waals surface area contributed by atoms with Crippen LogP contribution >= 0.6 is 11.3 Å². The second-order valence-corrected chi connectivity index (χ2v) is 9.36. The summed E-state index contributed by atoms with van der Waals surface area (Å²) in [6.45, 7) is 0.319. The van der Waals surface area contributed by atoms with Crippen LogP contribution in [0.2, 0.25) is 0 Å². The zero-order valence-electron chi connectivity index (χ0n) is 20.1. The van der Waals surface area contributed by atoms with Crippen LogP contribution in [0.3, 0.4) is 0 Å². The van der Waals surface area contributed by atoms with Gasteiger partial charge >= 0.3 is 17.8 Å². The fourth-order valence-electron chi connectivity index (χ4n) is 3.91. The average molecular weight is 565 g/mol. The maximum Gasteiger partial charge on any atom is 0.443 e. The van der Waals surface area contributed by atoms with Gasteiger partial charge in [0.2, 0.25) is 10.8 Å². The van der Waals surface area contributed by atoms with E-state index >= 15 is 0 Å². The van der Waals surface area contributed by atoms with Crippen molar-refractivity contribution in [1.29, 1.82) is 0 Å². The number of nitrogens with zero attached hydrogens (tertiary/aromatic N) is 6. The highest BCUT2D eigenvalue weighted by atomic mass is 32.1. The zero-order valence-corrected chi connectivity index (χ0v) is 20.9. The second kappa shape index (κ2) is 9.92. The number of aromatic nitrogens is 5. The SMILES string of the molecule is O=C1NCCC1=Nc1sc(C(F)(F)F)nc1-c1nnc(Nc2nc(-c3ccccc3)c3ccccc3nc2=O)o1. The van der Waals surface area contributed by atoms with Gasteiger partial charge in [-0.2, -0.15) is 13.2 Å². The lowest BCUT2D eigenvalue weighted by molar-refractivity contribution is -0.137. The third-order valence-electron chi connectivity index (χ3n) is 5.71. The van der Waals surface area contributed by atoms with Gasteiger partial charge in [-0.3, -0.25) is 14.9 Å². The van der Waals surface area contributed by atoms with Gasteiger partial charge in [-0.05, 0) is 6.07 Å². The maximum atomic E-state index is 13.4. The van der Waals surface area contributed by atoms with E-state index in [0.717, 1.165) is 0 Å². The molecule has 0 unspecified atom stereocenters. The fourth-order valence-corrected chi connectivity index (χ4v) is 4.73. The molecule has 0 bridgehead atoms. The van der Waals surface area contributed by atoms with E-state index in [1.807, 2.05) is 30.3 Å². The molecule has 0 radical (unpaired) electrons. The number of aliphatic imine (C=N–C) groups is 1. The van der Waals surface area contributed by atoms with Gasteiger partial charge in [0.15, 0.2) is 5.69 Å². The van der Waals surface area contributed by atoms with Crippen LogP contribution in [0.15, 0.2) is 68.8 Å². The number of anilines is 2. The topological polar surface area (TPSA) is 148 Å². The van der Waals surface area contributed by atoms with E-state index in [2.05, 4.69) is 40.8 Å². The van der Waals surface area contributed by atoms with Crippen molar-refractivity contribution in [1.82, 2.24) is 30.5 Å². The van der Waals surface area contributed by atoms with Gasteiger partial charge in [-0.1, -0.05) is 65.0 Å². The van der Waals surface area contributed by atoms with Crippen molar-refractivity contribution in [3.05, 3.63) is 70.0 Å². The quantitative estimate of drug-likeness (QED) is 0.314. The Balaban J connectivity index is 1.41. The Morgan fingerprint density at radius 2 is 1.73 bits per heavy atom. The molecule has 0 saturated carbocycles. The van der Waals surface area contributed by atoms with Crippen molar-refractivity contribution in [3.63, 3.8) is 0 Å². The minimum atomic E-state index is -4.77. The minimum Gasteiger partial charge on any atom is -0.401 e. The molecule has 1 fully saturated rings. The Labute approximate surface area is 225 Å². The molecule has 11 nitrogen and oxygen atoms in total. The predicted molar refractivity (Wildman–Crippen MR) is 140 cm³/mol. The van der Waals surface area contributed by atoms with Gasteiger partial charge in [-0.15, -0.1) is 5.10 Å². The summed E-state index contributed by atoms with van der Waals surface area (Å²) in [5.41, 5.74) is 0.542. The number of fused-ring (bicyclic) bond motifs is 1. The smallest absolute Gasteiger partial charge is 0.401 e. The largest absolute Gasteiger partial charge is 0.443 e. The number of amides is 1. The number of hydrogen-bond acceptors (Lipinski definition) is 11. The number of carbonyl (C=O) groups excluding carboxylic acids is 1. The number of nitrogens with one attached hydrogen (secondary N) is 2. The van der Waals surface area contributed by atoms with E-state index in [-0.39, 0.29) is 46.0 Å². The number of benzene rings is 2. The number of rotatable bonds is 5. The summed E-state index contributed by atoms with van der Waals surface area (Å²) in [5, 5.41) is 12.0. The Morgan fingerprint density at radius 1 is 0.950 bits per heavy atom. The molecule has 40 heavy (non-hydrogen) atoms. The molecule has 0 atom stereocenters. The monoisotopic (exact) mass is 564 g/mol. The van der Waals surface area contributed by atoms with Crippen LogP contribution in [0.4, 0.5) is 30.0 Å². The highest BCUT2D eigenvalue weighted by Crippen LogP contribution is 2.42. The number of halogens is 3. The lowest BCUT2D eigenvalue weighted by atomic mass is 10.1. The van der Waals surface area contributed by atoms with Crippen LogP contribution in [0.25, 0.3) is 33.7 Å². The normalized spacial score (nSPS) is 14.6. The predicted octanol–water partition coefficient (Wildman–Crippen LogP) is 4.52. The summed E-state index contributed by atoms with van der Waals surface area (Å²) in [7, 11) is 0. The minimum absolute atomic E-state index is 0.0556. The van der Waals surface area contributed by atoms with E-state index in [4.69, 9.17) is 4.42 Å². The Kier molecular flexibility index (Phi) is 6.26. The molecule has 2 aromatic carbocycles. The zero-order chi connectivity index (χ0) is 27.9. The van der Waals surface area contributed by atoms with Crippen molar-refractivity contribution in [3.8, 4) is 22.8 Å². The van der Waals surface area contributed by atoms with Gasteiger partial charge in [0.25, 0.3) is 11.8 Å². The third-order valence-corrected chi connectivity index (χ3v) is 6.70. The molecule has 1 amide bonds. The Bertz CT molecular complexity index is 1850. The molecule has 15 heteroatoms. The Hall–Kier alpha value is -5.05. The van der Waals surface area contributed by atoms with Gasteiger partial charge in [0.1, 0.15) is 10.7 Å². The summed E-state index contributed by atoms with van der Waals surface area (Å²) in [6, 6.07) is 15.8. The molecule has 200 valence electrons.